The summed E-state index contributed by atoms with van der Waals surface area (Å²) in [7, 11) is 0. The summed E-state index contributed by atoms with van der Waals surface area (Å²) in [5.74, 6) is 1.59. The van der Waals surface area contributed by atoms with E-state index in [1.54, 1.807) is 6.20 Å². The fourth-order valence-electron chi connectivity index (χ4n) is 2.40. The fourth-order valence-corrected chi connectivity index (χ4v) is 2.40. The number of aromatic nitrogens is 3. The first-order valence-electron chi connectivity index (χ1n) is 7.39. The Morgan fingerprint density at radius 3 is 2.55 bits per heavy atom. The van der Waals surface area contributed by atoms with Crippen molar-refractivity contribution in [2.24, 2.45) is 5.92 Å². The first-order chi connectivity index (χ1) is 9.27. The van der Waals surface area contributed by atoms with Crippen molar-refractivity contribution in [3.05, 3.63) is 24.2 Å². The average Bonchev–Trinajstić information content (AvgIpc) is 2.72. The molecule has 0 fully saturated rings. The maximum Gasteiger partial charge on any atom is 0.152 e. The predicted molar refractivity (Wildman–Crippen MR) is 84.2 cm³/mol. The lowest BCUT2D eigenvalue weighted by molar-refractivity contribution is 0.539. The van der Waals surface area contributed by atoms with Gasteiger partial charge in [-0.05, 0) is 25.3 Å². The van der Waals surface area contributed by atoms with Crippen molar-refractivity contribution in [3.63, 3.8) is 0 Å². The largest absolute Gasteiger partial charge is 0.366 e. The van der Waals surface area contributed by atoms with Crippen LogP contribution in [0.3, 0.4) is 0 Å². The average molecular weight is 274 g/mol. The lowest BCUT2D eigenvalue weighted by Crippen LogP contribution is -2.18. The second-order valence-corrected chi connectivity index (χ2v) is 7.06. The molecule has 0 aliphatic carbocycles. The number of nitrogens with one attached hydrogen (secondary N) is 1. The molecular formula is C16H26N4. The molecule has 0 aliphatic heterocycles. The molecule has 2 aromatic rings. The van der Waals surface area contributed by atoms with E-state index in [1.807, 2.05) is 10.7 Å². The van der Waals surface area contributed by atoms with Crippen LogP contribution in [-0.2, 0) is 5.41 Å². The van der Waals surface area contributed by atoms with Crippen molar-refractivity contribution in [1.82, 2.24) is 14.6 Å². The number of rotatable bonds is 4. The van der Waals surface area contributed by atoms with Gasteiger partial charge in [-0.15, -0.1) is 0 Å². The van der Waals surface area contributed by atoms with Gasteiger partial charge in [-0.1, -0.05) is 34.6 Å². The number of fused-ring (bicyclic) bond motifs is 1. The van der Waals surface area contributed by atoms with E-state index in [0.717, 1.165) is 23.4 Å². The molecule has 0 aliphatic rings. The lowest BCUT2D eigenvalue weighted by Gasteiger charge is -2.16. The third kappa shape index (κ3) is 3.30. The molecule has 2 rings (SSSR count). The molecule has 110 valence electrons. The molecule has 20 heavy (non-hydrogen) atoms. The molecule has 4 heteroatoms. The van der Waals surface area contributed by atoms with Gasteiger partial charge in [0.15, 0.2) is 5.82 Å². The molecule has 0 amide bonds. The molecule has 0 saturated carbocycles. The summed E-state index contributed by atoms with van der Waals surface area (Å²) in [6.07, 6.45) is 4.84. The van der Waals surface area contributed by atoms with E-state index < -0.39 is 0 Å². The second kappa shape index (κ2) is 5.43. The molecule has 2 heterocycles. The summed E-state index contributed by atoms with van der Waals surface area (Å²) < 4.78 is 1.91. The minimum Gasteiger partial charge on any atom is -0.366 e. The zero-order valence-corrected chi connectivity index (χ0v) is 13.4. The number of hydrogen-bond acceptors (Lipinski definition) is 3. The Labute approximate surface area is 121 Å². The van der Waals surface area contributed by atoms with Crippen LogP contribution in [0.5, 0.6) is 0 Å². The van der Waals surface area contributed by atoms with Crippen LogP contribution < -0.4 is 5.32 Å². The van der Waals surface area contributed by atoms with Crippen LogP contribution in [0, 0.1) is 5.92 Å². The van der Waals surface area contributed by atoms with Crippen molar-refractivity contribution in [2.45, 2.75) is 59.4 Å². The molecule has 0 bridgehead atoms. The van der Waals surface area contributed by atoms with Crippen molar-refractivity contribution in [1.29, 1.82) is 0 Å². The van der Waals surface area contributed by atoms with Gasteiger partial charge in [-0.3, -0.25) is 0 Å². The molecular weight excluding hydrogens is 248 g/mol. The van der Waals surface area contributed by atoms with Gasteiger partial charge in [0.25, 0.3) is 0 Å². The Balaban J connectivity index is 2.32. The van der Waals surface area contributed by atoms with Gasteiger partial charge < -0.3 is 5.32 Å². The minimum atomic E-state index is 0.0485. The van der Waals surface area contributed by atoms with Crippen molar-refractivity contribution in [3.8, 4) is 0 Å². The molecule has 0 saturated heterocycles. The smallest absolute Gasteiger partial charge is 0.152 e. The second-order valence-electron chi connectivity index (χ2n) is 7.06. The number of hydrogen-bond donors (Lipinski definition) is 1. The van der Waals surface area contributed by atoms with Gasteiger partial charge in [-0.2, -0.15) is 5.10 Å². The third-order valence-corrected chi connectivity index (χ3v) is 3.37. The van der Waals surface area contributed by atoms with E-state index >= 15 is 0 Å². The summed E-state index contributed by atoms with van der Waals surface area (Å²) in [5.41, 5.74) is 2.19. The van der Waals surface area contributed by atoms with Crippen LogP contribution in [0.15, 0.2) is 18.5 Å². The first-order valence-corrected chi connectivity index (χ1v) is 7.39. The van der Waals surface area contributed by atoms with Crippen molar-refractivity contribution < 1.29 is 0 Å². The molecule has 4 nitrogen and oxygen atoms in total. The molecule has 1 atom stereocenters. The van der Waals surface area contributed by atoms with Gasteiger partial charge in [0.05, 0.1) is 5.69 Å². The van der Waals surface area contributed by atoms with Gasteiger partial charge in [0, 0.05) is 23.9 Å². The summed E-state index contributed by atoms with van der Waals surface area (Å²) >= 11 is 0. The zero-order valence-electron chi connectivity index (χ0n) is 13.4. The fraction of sp³-hybridized carbons (Fsp3) is 0.625. The quantitative estimate of drug-likeness (QED) is 0.920. The highest BCUT2D eigenvalue weighted by Gasteiger charge is 2.19. The van der Waals surface area contributed by atoms with Crippen LogP contribution in [0.25, 0.3) is 5.52 Å². The summed E-state index contributed by atoms with van der Waals surface area (Å²) in [6, 6.07) is 2.54. The Morgan fingerprint density at radius 1 is 1.25 bits per heavy atom. The highest BCUT2D eigenvalue weighted by molar-refractivity contribution is 5.68. The van der Waals surface area contributed by atoms with E-state index in [1.165, 1.54) is 0 Å². The maximum atomic E-state index is 4.65. The van der Waals surface area contributed by atoms with Gasteiger partial charge in [-0.25, -0.2) is 9.50 Å². The molecule has 0 aromatic carbocycles. The van der Waals surface area contributed by atoms with Crippen LogP contribution in [-0.4, -0.2) is 20.6 Å². The maximum absolute atomic E-state index is 4.65. The van der Waals surface area contributed by atoms with Crippen LogP contribution in [0.4, 0.5) is 5.82 Å². The summed E-state index contributed by atoms with van der Waals surface area (Å²) in [4.78, 5) is 4.48. The van der Waals surface area contributed by atoms with Crippen LogP contribution in [0.2, 0.25) is 0 Å². The molecule has 1 unspecified atom stereocenters. The Hall–Kier alpha value is -1.58. The topological polar surface area (TPSA) is 42.2 Å². The summed E-state index contributed by atoms with van der Waals surface area (Å²) in [6.45, 7) is 13.2. The zero-order chi connectivity index (χ0) is 14.9. The SMILES string of the molecule is CC(C)CC(C)Nc1nccn2nc(C(C)(C)C)cc12. The Bertz CT molecular complexity index is 578. The molecule has 0 spiro atoms. The van der Waals surface area contributed by atoms with Crippen LogP contribution in [0.1, 0.15) is 53.7 Å². The first kappa shape index (κ1) is 14.8. The highest BCUT2D eigenvalue weighted by Crippen LogP contribution is 2.25. The minimum absolute atomic E-state index is 0.0485. The van der Waals surface area contributed by atoms with Gasteiger partial charge >= 0.3 is 0 Å². The standard InChI is InChI=1S/C16H26N4/c1-11(2)9-12(3)18-15-13-10-14(16(4,5)6)19-20(13)8-7-17-15/h7-8,10-12H,9H2,1-6H3,(H,17,18). The molecule has 0 radical (unpaired) electrons. The van der Waals surface area contributed by atoms with Crippen molar-refractivity contribution >= 4 is 11.3 Å². The normalized spacial score (nSPS) is 13.9. The predicted octanol–water partition coefficient (Wildman–Crippen LogP) is 3.87. The van der Waals surface area contributed by atoms with Gasteiger partial charge in [0.1, 0.15) is 5.52 Å². The summed E-state index contributed by atoms with van der Waals surface area (Å²) in [5, 5.41) is 8.16. The monoisotopic (exact) mass is 274 g/mol. The molecule has 1 N–H and O–H groups in total. The Morgan fingerprint density at radius 2 is 1.95 bits per heavy atom. The molecule has 2 aromatic heterocycles. The number of anilines is 1. The van der Waals surface area contributed by atoms with Crippen LogP contribution >= 0.6 is 0 Å². The van der Waals surface area contributed by atoms with Gasteiger partial charge in [0.2, 0.25) is 0 Å². The lowest BCUT2D eigenvalue weighted by atomic mass is 9.92. The third-order valence-electron chi connectivity index (χ3n) is 3.37. The van der Waals surface area contributed by atoms with E-state index in [2.05, 4.69) is 63.0 Å². The number of nitrogens with zero attached hydrogens (tertiary/aromatic N) is 3. The highest BCUT2D eigenvalue weighted by atomic mass is 15.2. The van der Waals surface area contributed by atoms with E-state index in [-0.39, 0.29) is 5.41 Å². The van der Waals surface area contributed by atoms with Crippen molar-refractivity contribution in [2.75, 3.05) is 5.32 Å². The van der Waals surface area contributed by atoms with E-state index in [4.69, 9.17) is 0 Å². The Kier molecular flexibility index (Phi) is 4.02. The van der Waals surface area contributed by atoms with E-state index in [9.17, 15) is 0 Å². The van der Waals surface area contributed by atoms with E-state index in [0.29, 0.717) is 12.0 Å².